The Labute approximate surface area is 193 Å². The molecule has 0 spiro atoms. The fourth-order valence-electron chi connectivity index (χ4n) is 4.39. The standard InChI is InChI=1S/C23H32N8O2/c1-17(2)31-22(18-3-4-19(25-15-18)30-9-13-33-14-10-30)28-20-21(26-16-27-23(20)31)24-5-6-29-7-11-32-12-8-29/h3-4,15-17H,5-14H2,1-2H3,(H,24,26,27). The molecule has 0 aromatic carbocycles. The molecular weight excluding hydrogens is 420 g/mol. The molecular formula is C23H32N8O2. The van der Waals surface area contributed by atoms with Crippen molar-refractivity contribution in [1.82, 2.24) is 29.4 Å². The number of ether oxygens (including phenoxy) is 2. The lowest BCUT2D eigenvalue weighted by molar-refractivity contribution is 0.0398. The van der Waals surface area contributed by atoms with Crippen molar-refractivity contribution >= 4 is 22.8 Å². The van der Waals surface area contributed by atoms with E-state index in [-0.39, 0.29) is 6.04 Å². The van der Waals surface area contributed by atoms with Crippen molar-refractivity contribution < 1.29 is 9.47 Å². The van der Waals surface area contributed by atoms with E-state index >= 15 is 0 Å². The summed E-state index contributed by atoms with van der Waals surface area (Å²) in [6, 6.07) is 4.36. The summed E-state index contributed by atoms with van der Waals surface area (Å²) in [6.45, 7) is 12.8. The molecule has 5 heterocycles. The first-order chi connectivity index (χ1) is 16.2. The molecule has 0 radical (unpaired) electrons. The zero-order chi connectivity index (χ0) is 22.6. The van der Waals surface area contributed by atoms with Crippen LogP contribution in [-0.2, 0) is 9.47 Å². The number of pyridine rings is 1. The van der Waals surface area contributed by atoms with Crippen LogP contribution in [0.15, 0.2) is 24.7 Å². The number of nitrogens with zero attached hydrogens (tertiary/aromatic N) is 7. The first-order valence-corrected chi connectivity index (χ1v) is 11.8. The molecule has 0 bridgehead atoms. The number of fused-ring (bicyclic) bond motifs is 1. The van der Waals surface area contributed by atoms with E-state index in [0.29, 0.717) is 0 Å². The Bertz CT molecular complexity index is 1060. The van der Waals surface area contributed by atoms with Gasteiger partial charge in [-0.15, -0.1) is 0 Å². The second kappa shape index (κ2) is 9.98. The van der Waals surface area contributed by atoms with Crippen LogP contribution in [0.25, 0.3) is 22.6 Å². The maximum atomic E-state index is 5.45. The molecule has 0 saturated carbocycles. The van der Waals surface area contributed by atoms with Crippen molar-refractivity contribution in [3.8, 4) is 11.4 Å². The zero-order valence-electron chi connectivity index (χ0n) is 19.4. The number of morpholine rings is 2. The molecule has 0 unspecified atom stereocenters. The van der Waals surface area contributed by atoms with Gasteiger partial charge in [-0.25, -0.2) is 19.9 Å². The normalized spacial score (nSPS) is 17.7. The van der Waals surface area contributed by atoms with Gasteiger partial charge in [0, 0.05) is 57.1 Å². The molecule has 3 aromatic heterocycles. The molecule has 33 heavy (non-hydrogen) atoms. The molecule has 2 saturated heterocycles. The van der Waals surface area contributed by atoms with Crippen LogP contribution in [0.4, 0.5) is 11.6 Å². The first-order valence-electron chi connectivity index (χ1n) is 11.8. The zero-order valence-corrected chi connectivity index (χ0v) is 19.4. The van der Waals surface area contributed by atoms with E-state index in [1.165, 1.54) is 0 Å². The number of imidazole rings is 1. The molecule has 176 valence electrons. The summed E-state index contributed by atoms with van der Waals surface area (Å²) in [4.78, 5) is 23.4. The highest BCUT2D eigenvalue weighted by atomic mass is 16.5. The van der Waals surface area contributed by atoms with Crippen molar-refractivity contribution in [2.45, 2.75) is 19.9 Å². The highest BCUT2D eigenvalue weighted by Gasteiger charge is 2.20. The second-order valence-corrected chi connectivity index (χ2v) is 8.68. The van der Waals surface area contributed by atoms with Gasteiger partial charge in [-0.05, 0) is 26.0 Å². The second-order valence-electron chi connectivity index (χ2n) is 8.68. The van der Waals surface area contributed by atoms with Crippen molar-refractivity contribution in [1.29, 1.82) is 0 Å². The summed E-state index contributed by atoms with van der Waals surface area (Å²) in [5.41, 5.74) is 2.60. The lowest BCUT2D eigenvalue weighted by Gasteiger charge is -2.27. The first kappa shape index (κ1) is 22.0. The van der Waals surface area contributed by atoms with E-state index in [0.717, 1.165) is 99.9 Å². The third-order valence-corrected chi connectivity index (χ3v) is 6.16. The molecule has 1 N–H and O–H groups in total. The summed E-state index contributed by atoms with van der Waals surface area (Å²) in [5.74, 6) is 2.60. The van der Waals surface area contributed by atoms with Crippen molar-refractivity contribution in [2.75, 3.05) is 75.9 Å². The third kappa shape index (κ3) is 4.78. The molecule has 2 aliphatic heterocycles. The maximum absolute atomic E-state index is 5.45. The van der Waals surface area contributed by atoms with Crippen molar-refractivity contribution in [3.05, 3.63) is 24.7 Å². The van der Waals surface area contributed by atoms with Crippen LogP contribution < -0.4 is 10.2 Å². The number of aromatic nitrogens is 5. The van der Waals surface area contributed by atoms with Crippen LogP contribution in [-0.4, -0.2) is 95.1 Å². The molecule has 3 aromatic rings. The Morgan fingerprint density at radius 3 is 2.42 bits per heavy atom. The Hall–Kier alpha value is -2.82. The minimum Gasteiger partial charge on any atom is -0.379 e. The van der Waals surface area contributed by atoms with Crippen LogP contribution in [0.5, 0.6) is 0 Å². The van der Waals surface area contributed by atoms with E-state index in [9.17, 15) is 0 Å². The fourth-order valence-corrected chi connectivity index (χ4v) is 4.39. The average molecular weight is 453 g/mol. The van der Waals surface area contributed by atoms with Gasteiger partial charge in [0.25, 0.3) is 0 Å². The Kier molecular flexibility index (Phi) is 6.65. The van der Waals surface area contributed by atoms with Crippen LogP contribution in [0, 0.1) is 0 Å². The van der Waals surface area contributed by atoms with Gasteiger partial charge in [0.05, 0.1) is 26.4 Å². The van der Waals surface area contributed by atoms with Gasteiger partial charge in [0.1, 0.15) is 18.0 Å². The number of hydrogen-bond acceptors (Lipinski definition) is 9. The Morgan fingerprint density at radius 1 is 0.970 bits per heavy atom. The largest absolute Gasteiger partial charge is 0.379 e. The molecule has 2 fully saturated rings. The van der Waals surface area contributed by atoms with Gasteiger partial charge < -0.3 is 24.3 Å². The molecule has 2 aliphatic rings. The molecule has 5 rings (SSSR count). The fraction of sp³-hybridized carbons (Fsp3) is 0.565. The maximum Gasteiger partial charge on any atom is 0.166 e. The van der Waals surface area contributed by atoms with Gasteiger partial charge >= 0.3 is 0 Å². The van der Waals surface area contributed by atoms with Gasteiger partial charge in [-0.1, -0.05) is 0 Å². The van der Waals surface area contributed by atoms with Gasteiger partial charge in [0.2, 0.25) is 0 Å². The average Bonchev–Trinajstić information content (AvgIpc) is 3.26. The molecule has 0 atom stereocenters. The lowest BCUT2D eigenvalue weighted by atomic mass is 10.2. The molecule has 0 amide bonds. The number of nitrogens with one attached hydrogen (secondary N) is 1. The van der Waals surface area contributed by atoms with Gasteiger partial charge in [-0.3, -0.25) is 4.90 Å². The lowest BCUT2D eigenvalue weighted by Crippen LogP contribution is -2.39. The van der Waals surface area contributed by atoms with E-state index in [2.05, 4.69) is 55.6 Å². The van der Waals surface area contributed by atoms with E-state index in [1.807, 2.05) is 6.20 Å². The molecule has 10 heteroatoms. The predicted octanol–water partition coefficient (Wildman–Crippen LogP) is 2.05. The smallest absolute Gasteiger partial charge is 0.166 e. The highest BCUT2D eigenvalue weighted by molar-refractivity contribution is 5.86. The van der Waals surface area contributed by atoms with Crippen molar-refractivity contribution in [2.24, 2.45) is 0 Å². The Balaban J connectivity index is 1.40. The Morgan fingerprint density at radius 2 is 1.73 bits per heavy atom. The SMILES string of the molecule is CC(C)n1c(-c2ccc(N3CCOCC3)nc2)nc2c(NCCN3CCOCC3)ncnc21. The van der Waals surface area contributed by atoms with E-state index in [1.54, 1.807) is 6.33 Å². The number of rotatable bonds is 7. The topological polar surface area (TPSA) is 93.5 Å². The predicted molar refractivity (Wildman–Crippen MR) is 128 cm³/mol. The van der Waals surface area contributed by atoms with Crippen LogP contribution in [0.1, 0.15) is 19.9 Å². The summed E-state index contributed by atoms with van der Waals surface area (Å²) < 4.78 is 13.1. The van der Waals surface area contributed by atoms with Crippen molar-refractivity contribution in [3.63, 3.8) is 0 Å². The van der Waals surface area contributed by atoms with E-state index < -0.39 is 0 Å². The van der Waals surface area contributed by atoms with Crippen LogP contribution in [0.2, 0.25) is 0 Å². The highest BCUT2D eigenvalue weighted by Crippen LogP contribution is 2.30. The quantitative estimate of drug-likeness (QED) is 0.578. The van der Waals surface area contributed by atoms with Crippen LogP contribution in [0.3, 0.4) is 0 Å². The minimum absolute atomic E-state index is 0.194. The summed E-state index contributed by atoms with van der Waals surface area (Å²) >= 11 is 0. The summed E-state index contributed by atoms with van der Waals surface area (Å²) in [6.07, 6.45) is 3.52. The van der Waals surface area contributed by atoms with Gasteiger partial charge in [-0.2, -0.15) is 0 Å². The molecule has 10 nitrogen and oxygen atoms in total. The monoisotopic (exact) mass is 452 g/mol. The van der Waals surface area contributed by atoms with Gasteiger partial charge in [0.15, 0.2) is 17.0 Å². The summed E-state index contributed by atoms with van der Waals surface area (Å²) in [5, 5.41) is 3.47. The van der Waals surface area contributed by atoms with Crippen LogP contribution >= 0.6 is 0 Å². The third-order valence-electron chi connectivity index (χ3n) is 6.16. The number of anilines is 2. The minimum atomic E-state index is 0.194. The van der Waals surface area contributed by atoms with E-state index in [4.69, 9.17) is 19.4 Å². The summed E-state index contributed by atoms with van der Waals surface area (Å²) in [7, 11) is 0. The number of hydrogen-bond donors (Lipinski definition) is 1. The molecule has 0 aliphatic carbocycles.